The van der Waals surface area contributed by atoms with Crippen LogP contribution in [0.2, 0.25) is 5.15 Å². The van der Waals surface area contributed by atoms with Crippen molar-refractivity contribution in [3.05, 3.63) is 16.4 Å². The molecule has 0 amide bonds. The highest BCUT2D eigenvalue weighted by molar-refractivity contribution is 6.30. The molecule has 6 heteroatoms. The molecule has 0 saturated carbocycles. The summed E-state index contributed by atoms with van der Waals surface area (Å²) in [7, 11) is 3.36. The van der Waals surface area contributed by atoms with Gasteiger partial charge in [0.25, 0.3) is 6.43 Å². The highest BCUT2D eigenvalue weighted by Crippen LogP contribution is 2.20. The molecule has 0 bridgehead atoms. The maximum absolute atomic E-state index is 12.1. The standard InChI is InChI=1S/C9H14ClF2N3/c1-6-7(9(10)15(3)13-6)4-14(2)5-8(11)12/h8H,4-5H2,1-3H3. The van der Waals surface area contributed by atoms with Crippen LogP contribution in [-0.4, -0.2) is 34.7 Å². The van der Waals surface area contributed by atoms with E-state index in [1.165, 1.54) is 4.90 Å². The van der Waals surface area contributed by atoms with Gasteiger partial charge in [0.1, 0.15) is 5.15 Å². The van der Waals surface area contributed by atoms with Gasteiger partial charge in [-0.1, -0.05) is 11.6 Å². The van der Waals surface area contributed by atoms with E-state index in [1.54, 1.807) is 18.8 Å². The van der Waals surface area contributed by atoms with Crippen molar-refractivity contribution in [2.45, 2.75) is 19.9 Å². The van der Waals surface area contributed by atoms with E-state index in [9.17, 15) is 8.78 Å². The maximum Gasteiger partial charge on any atom is 0.251 e. The summed E-state index contributed by atoms with van der Waals surface area (Å²) in [4.78, 5) is 1.53. The molecule has 0 saturated heterocycles. The first kappa shape index (κ1) is 12.4. The van der Waals surface area contributed by atoms with Gasteiger partial charge in [-0.15, -0.1) is 0 Å². The number of aromatic nitrogens is 2. The SMILES string of the molecule is Cc1nn(C)c(Cl)c1CN(C)CC(F)F. The molecule has 3 nitrogen and oxygen atoms in total. The summed E-state index contributed by atoms with van der Waals surface area (Å²) < 4.78 is 25.7. The average Bonchev–Trinajstić information content (AvgIpc) is 2.31. The van der Waals surface area contributed by atoms with Gasteiger partial charge in [-0.3, -0.25) is 9.58 Å². The molecule has 1 rings (SSSR count). The fourth-order valence-corrected chi connectivity index (χ4v) is 1.66. The number of rotatable bonds is 4. The van der Waals surface area contributed by atoms with Crippen LogP contribution < -0.4 is 0 Å². The van der Waals surface area contributed by atoms with E-state index in [1.807, 2.05) is 6.92 Å². The van der Waals surface area contributed by atoms with Crippen molar-refractivity contribution < 1.29 is 8.78 Å². The first-order valence-electron chi connectivity index (χ1n) is 4.56. The third-order valence-corrected chi connectivity index (χ3v) is 2.62. The van der Waals surface area contributed by atoms with Crippen molar-refractivity contribution in [1.82, 2.24) is 14.7 Å². The highest BCUT2D eigenvalue weighted by atomic mass is 35.5. The van der Waals surface area contributed by atoms with Crippen molar-refractivity contribution in [1.29, 1.82) is 0 Å². The zero-order chi connectivity index (χ0) is 11.6. The van der Waals surface area contributed by atoms with E-state index in [2.05, 4.69) is 5.10 Å². The summed E-state index contributed by atoms with van der Waals surface area (Å²) in [6, 6.07) is 0. The topological polar surface area (TPSA) is 21.1 Å². The Morgan fingerprint density at radius 2 is 2.13 bits per heavy atom. The number of hydrogen-bond acceptors (Lipinski definition) is 2. The van der Waals surface area contributed by atoms with Crippen LogP contribution in [0, 0.1) is 6.92 Å². The Kier molecular flexibility index (Phi) is 4.04. The second-order valence-corrected chi connectivity index (χ2v) is 3.92. The summed E-state index contributed by atoms with van der Waals surface area (Å²) in [5, 5.41) is 4.62. The lowest BCUT2D eigenvalue weighted by molar-refractivity contribution is 0.0975. The molecule has 0 aliphatic heterocycles. The number of alkyl halides is 2. The smallest absolute Gasteiger partial charge is 0.251 e. The third-order valence-electron chi connectivity index (χ3n) is 2.15. The van der Waals surface area contributed by atoms with Crippen molar-refractivity contribution in [3.8, 4) is 0 Å². The Balaban J connectivity index is 2.71. The van der Waals surface area contributed by atoms with Crippen molar-refractivity contribution in [2.24, 2.45) is 7.05 Å². The number of halogens is 3. The van der Waals surface area contributed by atoms with Crippen LogP contribution in [0.5, 0.6) is 0 Å². The Morgan fingerprint density at radius 3 is 2.53 bits per heavy atom. The molecule has 0 spiro atoms. The predicted octanol–water partition coefficient (Wildman–Crippen LogP) is 2.08. The first-order chi connectivity index (χ1) is 6.91. The van der Waals surface area contributed by atoms with Crippen molar-refractivity contribution >= 4 is 11.6 Å². The van der Waals surface area contributed by atoms with Gasteiger partial charge >= 0.3 is 0 Å². The second kappa shape index (κ2) is 4.90. The number of aryl methyl sites for hydroxylation is 2. The van der Waals surface area contributed by atoms with Gasteiger partial charge in [-0.25, -0.2) is 8.78 Å². The zero-order valence-corrected chi connectivity index (χ0v) is 9.72. The van der Waals surface area contributed by atoms with Crippen LogP contribution in [0.25, 0.3) is 0 Å². The summed E-state index contributed by atoms with van der Waals surface area (Å²) >= 11 is 5.98. The van der Waals surface area contributed by atoms with E-state index in [0.717, 1.165) is 11.3 Å². The number of hydrogen-bond donors (Lipinski definition) is 0. The first-order valence-corrected chi connectivity index (χ1v) is 4.94. The molecule has 1 heterocycles. The molecule has 1 aromatic heterocycles. The van der Waals surface area contributed by atoms with Crippen LogP contribution in [0.15, 0.2) is 0 Å². The molecule has 0 N–H and O–H groups in total. The minimum absolute atomic E-state index is 0.259. The Labute approximate surface area is 92.6 Å². The Hall–Kier alpha value is -0.680. The predicted molar refractivity (Wildman–Crippen MR) is 55.3 cm³/mol. The van der Waals surface area contributed by atoms with Gasteiger partial charge in [0.15, 0.2) is 0 Å². The minimum atomic E-state index is -2.33. The molecular weight excluding hydrogens is 224 g/mol. The normalized spacial score (nSPS) is 11.7. The van der Waals surface area contributed by atoms with Crippen LogP contribution >= 0.6 is 11.6 Å². The number of nitrogens with zero attached hydrogens (tertiary/aromatic N) is 3. The van der Waals surface area contributed by atoms with Gasteiger partial charge in [-0.05, 0) is 14.0 Å². The van der Waals surface area contributed by atoms with E-state index < -0.39 is 6.43 Å². The summed E-state index contributed by atoms with van der Waals surface area (Å²) in [6.45, 7) is 1.95. The lowest BCUT2D eigenvalue weighted by atomic mass is 10.2. The van der Waals surface area contributed by atoms with Gasteiger partial charge in [0.05, 0.1) is 12.2 Å². The minimum Gasteiger partial charge on any atom is -0.296 e. The Morgan fingerprint density at radius 1 is 1.53 bits per heavy atom. The third kappa shape index (κ3) is 3.14. The van der Waals surface area contributed by atoms with E-state index >= 15 is 0 Å². The van der Waals surface area contributed by atoms with Gasteiger partial charge in [0, 0.05) is 19.2 Å². The monoisotopic (exact) mass is 237 g/mol. The highest BCUT2D eigenvalue weighted by Gasteiger charge is 2.15. The van der Waals surface area contributed by atoms with E-state index in [0.29, 0.717) is 11.7 Å². The molecule has 0 aliphatic rings. The summed E-state index contributed by atoms with van der Waals surface area (Å²) in [6.07, 6.45) is -2.33. The largest absolute Gasteiger partial charge is 0.296 e. The quantitative estimate of drug-likeness (QED) is 0.800. The lowest BCUT2D eigenvalue weighted by Crippen LogP contribution is -2.24. The van der Waals surface area contributed by atoms with Gasteiger partial charge in [-0.2, -0.15) is 5.10 Å². The zero-order valence-electron chi connectivity index (χ0n) is 8.97. The molecule has 15 heavy (non-hydrogen) atoms. The van der Waals surface area contributed by atoms with Crippen LogP contribution in [-0.2, 0) is 13.6 Å². The average molecular weight is 238 g/mol. The summed E-state index contributed by atoms with van der Waals surface area (Å²) in [5.74, 6) is 0. The Bertz CT molecular complexity index is 338. The lowest BCUT2D eigenvalue weighted by Gasteiger charge is -2.15. The maximum atomic E-state index is 12.1. The van der Waals surface area contributed by atoms with Gasteiger partial charge in [0.2, 0.25) is 0 Å². The van der Waals surface area contributed by atoms with Crippen LogP contribution in [0.1, 0.15) is 11.3 Å². The fourth-order valence-electron chi connectivity index (χ4n) is 1.42. The molecule has 0 fully saturated rings. The molecule has 0 atom stereocenters. The summed E-state index contributed by atoms with van der Waals surface area (Å²) in [5.41, 5.74) is 1.59. The molecule has 0 radical (unpaired) electrons. The molecule has 0 aromatic carbocycles. The van der Waals surface area contributed by atoms with Crippen LogP contribution in [0.4, 0.5) is 8.78 Å². The fraction of sp³-hybridized carbons (Fsp3) is 0.667. The van der Waals surface area contributed by atoms with Crippen molar-refractivity contribution in [2.75, 3.05) is 13.6 Å². The van der Waals surface area contributed by atoms with E-state index in [-0.39, 0.29) is 6.54 Å². The van der Waals surface area contributed by atoms with E-state index in [4.69, 9.17) is 11.6 Å². The second-order valence-electron chi connectivity index (χ2n) is 3.57. The van der Waals surface area contributed by atoms with Crippen molar-refractivity contribution in [3.63, 3.8) is 0 Å². The molecule has 0 unspecified atom stereocenters. The molecule has 86 valence electrons. The molecule has 1 aromatic rings. The van der Waals surface area contributed by atoms with Gasteiger partial charge < -0.3 is 0 Å². The van der Waals surface area contributed by atoms with Crippen LogP contribution in [0.3, 0.4) is 0 Å². The molecular formula is C9H14ClF2N3. The molecule has 0 aliphatic carbocycles.